The number of nitrogens with two attached hydrogens (primary N) is 1. The van der Waals surface area contributed by atoms with Crippen molar-refractivity contribution in [1.82, 2.24) is 14.8 Å². The van der Waals surface area contributed by atoms with Crippen molar-refractivity contribution in [2.45, 2.75) is 0 Å². The molecule has 0 atom stereocenters. The summed E-state index contributed by atoms with van der Waals surface area (Å²) in [6.45, 7) is 0. The van der Waals surface area contributed by atoms with Gasteiger partial charge in [-0.05, 0) is 12.1 Å². The normalized spacial score (nSPS) is 10.2. The molecule has 0 bridgehead atoms. The van der Waals surface area contributed by atoms with Gasteiger partial charge < -0.3 is 5.73 Å². The Balaban J connectivity index is 2.64. The maximum absolute atomic E-state index is 5.95. The van der Waals surface area contributed by atoms with Crippen molar-refractivity contribution in [1.29, 1.82) is 0 Å². The van der Waals surface area contributed by atoms with Gasteiger partial charge in [-0.15, -0.1) is 0 Å². The number of nitrogen functional groups attached to an aromatic ring is 1. The summed E-state index contributed by atoms with van der Waals surface area (Å²) in [4.78, 5) is 3.82. The standard InChI is InChI=1S/C8H7ClN4/c9-6-2-1-3-7(10)8(6)13-5-11-4-12-13/h1-5H,10H2. The Labute approximate surface area is 80.0 Å². The fourth-order valence-corrected chi connectivity index (χ4v) is 1.37. The first-order valence-electron chi connectivity index (χ1n) is 3.68. The fraction of sp³-hybridized carbons (Fsp3) is 0. The van der Waals surface area contributed by atoms with Crippen molar-refractivity contribution in [2.75, 3.05) is 5.73 Å². The number of para-hydroxylation sites is 1. The molecule has 13 heavy (non-hydrogen) atoms. The van der Waals surface area contributed by atoms with Crippen LogP contribution < -0.4 is 5.73 Å². The van der Waals surface area contributed by atoms with Crippen LogP contribution in [0, 0.1) is 0 Å². The van der Waals surface area contributed by atoms with Crippen LogP contribution in [-0.2, 0) is 0 Å². The second kappa shape index (κ2) is 3.06. The maximum atomic E-state index is 5.95. The van der Waals surface area contributed by atoms with Crippen LogP contribution in [-0.4, -0.2) is 14.8 Å². The van der Waals surface area contributed by atoms with Gasteiger partial charge in [0.05, 0.1) is 10.7 Å². The maximum Gasteiger partial charge on any atom is 0.138 e. The van der Waals surface area contributed by atoms with Gasteiger partial charge in [-0.3, -0.25) is 0 Å². The minimum absolute atomic E-state index is 0.561. The van der Waals surface area contributed by atoms with Crippen molar-refractivity contribution in [3.05, 3.63) is 35.9 Å². The predicted molar refractivity (Wildman–Crippen MR) is 50.8 cm³/mol. The molecule has 2 aromatic rings. The fourth-order valence-electron chi connectivity index (χ4n) is 1.10. The summed E-state index contributed by atoms with van der Waals surface area (Å²) in [6, 6.07) is 5.32. The molecule has 1 aromatic carbocycles. The molecule has 0 amide bonds. The van der Waals surface area contributed by atoms with Gasteiger partial charge in [-0.1, -0.05) is 17.7 Å². The smallest absolute Gasteiger partial charge is 0.138 e. The van der Waals surface area contributed by atoms with E-state index in [0.717, 1.165) is 0 Å². The summed E-state index contributed by atoms with van der Waals surface area (Å²) in [6.07, 6.45) is 2.99. The highest BCUT2D eigenvalue weighted by molar-refractivity contribution is 6.32. The minimum Gasteiger partial charge on any atom is -0.397 e. The van der Waals surface area contributed by atoms with E-state index in [0.29, 0.717) is 16.4 Å². The van der Waals surface area contributed by atoms with E-state index in [1.165, 1.54) is 11.0 Å². The van der Waals surface area contributed by atoms with Crippen LogP contribution in [0.5, 0.6) is 0 Å². The Morgan fingerprint density at radius 3 is 2.85 bits per heavy atom. The molecular weight excluding hydrogens is 188 g/mol. The van der Waals surface area contributed by atoms with Crippen molar-refractivity contribution < 1.29 is 0 Å². The quantitative estimate of drug-likeness (QED) is 0.700. The number of hydrogen-bond donors (Lipinski definition) is 1. The molecule has 0 radical (unpaired) electrons. The zero-order valence-corrected chi connectivity index (χ0v) is 7.44. The lowest BCUT2D eigenvalue weighted by atomic mass is 10.3. The van der Waals surface area contributed by atoms with Crippen LogP contribution >= 0.6 is 11.6 Å². The summed E-state index contributed by atoms with van der Waals surface area (Å²) in [5, 5.41) is 4.51. The lowest BCUT2D eigenvalue weighted by Gasteiger charge is -2.05. The molecule has 0 spiro atoms. The lowest BCUT2D eigenvalue weighted by molar-refractivity contribution is 0.881. The zero-order valence-electron chi connectivity index (χ0n) is 6.68. The van der Waals surface area contributed by atoms with E-state index in [1.54, 1.807) is 24.5 Å². The van der Waals surface area contributed by atoms with Crippen LogP contribution in [0.4, 0.5) is 5.69 Å². The van der Waals surface area contributed by atoms with Gasteiger partial charge in [0.15, 0.2) is 0 Å². The SMILES string of the molecule is Nc1cccc(Cl)c1-n1cncn1. The van der Waals surface area contributed by atoms with Crippen LogP contribution in [0.25, 0.3) is 5.69 Å². The third kappa shape index (κ3) is 1.36. The first kappa shape index (κ1) is 8.07. The molecule has 4 nitrogen and oxygen atoms in total. The second-order valence-corrected chi connectivity index (χ2v) is 2.92. The molecule has 0 fully saturated rings. The summed E-state index contributed by atoms with van der Waals surface area (Å²) in [7, 11) is 0. The number of rotatable bonds is 1. The molecule has 2 rings (SSSR count). The number of hydrogen-bond acceptors (Lipinski definition) is 3. The topological polar surface area (TPSA) is 56.7 Å². The third-order valence-corrected chi connectivity index (χ3v) is 1.97. The Kier molecular flexibility index (Phi) is 1.90. The molecule has 66 valence electrons. The third-order valence-electron chi connectivity index (χ3n) is 1.67. The van der Waals surface area contributed by atoms with E-state index < -0.39 is 0 Å². The molecule has 5 heteroatoms. The highest BCUT2D eigenvalue weighted by atomic mass is 35.5. The average Bonchev–Trinajstić information content (AvgIpc) is 2.57. The van der Waals surface area contributed by atoms with Gasteiger partial charge in [0, 0.05) is 0 Å². The molecule has 0 saturated heterocycles. The summed E-state index contributed by atoms with van der Waals surface area (Å²) >= 11 is 5.95. The van der Waals surface area contributed by atoms with E-state index in [1.807, 2.05) is 0 Å². The first-order chi connectivity index (χ1) is 6.29. The van der Waals surface area contributed by atoms with Crippen molar-refractivity contribution >= 4 is 17.3 Å². The Morgan fingerprint density at radius 1 is 1.38 bits per heavy atom. The molecule has 0 aliphatic carbocycles. The molecule has 1 aromatic heterocycles. The number of halogens is 1. The largest absolute Gasteiger partial charge is 0.397 e. The van der Waals surface area contributed by atoms with Gasteiger partial charge in [0.2, 0.25) is 0 Å². The zero-order chi connectivity index (χ0) is 9.26. The number of benzene rings is 1. The molecule has 2 N–H and O–H groups in total. The van der Waals surface area contributed by atoms with Gasteiger partial charge >= 0.3 is 0 Å². The molecule has 0 aliphatic heterocycles. The Bertz CT molecular complexity index is 390. The van der Waals surface area contributed by atoms with Crippen molar-refractivity contribution in [2.24, 2.45) is 0 Å². The molecule has 1 heterocycles. The van der Waals surface area contributed by atoms with E-state index in [-0.39, 0.29) is 0 Å². The summed E-state index contributed by atoms with van der Waals surface area (Å²) in [5.41, 5.74) is 6.99. The minimum atomic E-state index is 0.561. The van der Waals surface area contributed by atoms with Gasteiger partial charge in [0.1, 0.15) is 18.3 Å². The lowest BCUT2D eigenvalue weighted by Crippen LogP contribution is -2.00. The Morgan fingerprint density at radius 2 is 2.23 bits per heavy atom. The molecule has 0 unspecified atom stereocenters. The highest BCUT2D eigenvalue weighted by Crippen LogP contribution is 2.24. The molecule has 0 saturated carbocycles. The van der Waals surface area contributed by atoms with Gasteiger partial charge in [-0.2, -0.15) is 5.10 Å². The predicted octanol–water partition coefficient (Wildman–Crippen LogP) is 1.50. The van der Waals surface area contributed by atoms with Crippen molar-refractivity contribution in [3.8, 4) is 5.69 Å². The number of anilines is 1. The second-order valence-electron chi connectivity index (χ2n) is 2.52. The van der Waals surface area contributed by atoms with E-state index in [4.69, 9.17) is 17.3 Å². The van der Waals surface area contributed by atoms with E-state index in [2.05, 4.69) is 10.1 Å². The average molecular weight is 195 g/mol. The summed E-state index contributed by atoms with van der Waals surface area (Å²) in [5.74, 6) is 0. The Hall–Kier alpha value is -1.55. The first-order valence-corrected chi connectivity index (χ1v) is 4.06. The highest BCUT2D eigenvalue weighted by Gasteiger charge is 2.06. The van der Waals surface area contributed by atoms with Gasteiger partial charge in [0.25, 0.3) is 0 Å². The van der Waals surface area contributed by atoms with Gasteiger partial charge in [-0.25, -0.2) is 9.67 Å². The van der Waals surface area contributed by atoms with Crippen LogP contribution in [0.3, 0.4) is 0 Å². The number of nitrogens with zero attached hydrogens (tertiary/aromatic N) is 3. The van der Waals surface area contributed by atoms with Crippen LogP contribution in [0.2, 0.25) is 5.02 Å². The van der Waals surface area contributed by atoms with E-state index in [9.17, 15) is 0 Å². The molecular formula is C8H7ClN4. The van der Waals surface area contributed by atoms with Crippen LogP contribution in [0.15, 0.2) is 30.9 Å². The van der Waals surface area contributed by atoms with Crippen LogP contribution in [0.1, 0.15) is 0 Å². The van der Waals surface area contributed by atoms with E-state index >= 15 is 0 Å². The number of aromatic nitrogens is 3. The summed E-state index contributed by atoms with van der Waals surface area (Å²) < 4.78 is 1.54. The monoisotopic (exact) mass is 194 g/mol. The molecule has 0 aliphatic rings. The van der Waals surface area contributed by atoms with Crippen molar-refractivity contribution in [3.63, 3.8) is 0 Å².